The molecule has 0 radical (unpaired) electrons. The number of nitrogens with zero attached hydrogens (tertiary/aromatic N) is 1. The second kappa shape index (κ2) is 6.54. The minimum atomic E-state index is -4.20. The number of sulfonamides is 1. The molecule has 0 unspecified atom stereocenters. The van der Waals surface area contributed by atoms with Crippen LogP contribution in [0.4, 0.5) is 10.1 Å². The van der Waals surface area contributed by atoms with E-state index in [2.05, 4.69) is 4.72 Å². The lowest BCUT2D eigenvalue weighted by Crippen LogP contribution is -2.15. The summed E-state index contributed by atoms with van der Waals surface area (Å²) in [6.07, 6.45) is 0. The molecule has 0 aliphatic rings. The zero-order valence-corrected chi connectivity index (χ0v) is 13.1. The first kappa shape index (κ1) is 16.6. The van der Waals surface area contributed by atoms with E-state index in [0.717, 1.165) is 12.1 Å². The van der Waals surface area contributed by atoms with Gasteiger partial charge in [0, 0.05) is 12.1 Å². The third kappa shape index (κ3) is 3.52. The maximum atomic E-state index is 14.1. The van der Waals surface area contributed by atoms with Gasteiger partial charge < -0.3 is 9.47 Å². The van der Waals surface area contributed by atoms with Gasteiger partial charge in [0.15, 0.2) is 11.5 Å². The van der Waals surface area contributed by atoms with E-state index in [9.17, 15) is 12.8 Å². The molecule has 0 saturated heterocycles. The number of hydrogen-bond acceptors (Lipinski definition) is 5. The topological polar surface area (TPSA) is 88.4 Å². The Labute approximate surface area is 133 Å². The molecule has 1 N–H and O–H groups in total. The fraction of sp³-hybridized carbons (Fsp3) is 0.133. The average Bonchev–Trinajstić information content (AvgIpc) is 2.53. The maximum absolute atomic E-state index is 14.1. The van der Waals surface area contributed by atoms with Crippen LogP contribution in [0.2, 0.25) is 0 Å². The highest BCUT2D eigenvalue weighted by Gasteiger charge is 2.23. The molecular weight excluding hydrogens is 323 g/mol. The summed E-state index contributed by atoms with van der Waals surface area (Å²) < 4.78 is 50.9. The van der Waals surface area contributed by atoms with Gasteiger partial charge in [-0.3, -0.25) is 4.72 Å². The smallest absolute Gasteiger partial charge is 0.264 e. The molecular formula is C15H13FN2O4S. The summed E-state index contributed by atoms with van der Waals surface area (Å²) in [5.41, 5.74) is 0.427. The van der Waals surface area contributed by atoms with E-state index in [1.54, 1.807) is 0 Å². The molecule has 0 aliphatic heterocycles. The molecule has 0 amide bonds. The van der Waals surface area contributed by atoms with Gasteiger partial charge in [0.2, 0.25) is 0 Å². The number of ether oxygens (including phenoxy) is 2. The number of halogens is 1. The SMILES string of the molecule is COc1cc(F)c(S(=O)(=O)Nc2cccc(C#N)c2)cc1OC. The van der Waals surface area contributed by atoms with Crippen molar-refractivity contribution in [3.05, 3.63) is 47.8 Å². The van der Waals surface area contributed by atoms with Gasteiger partial charge in [-0.25, -0.2) is 12.8 Å². The van der Waals surface area contributed by atoms with Crippen molar-refractivity contribution in [3.8, 4) is 17.6 Å². The van der Waals surface area contributed by atoms with Crippen molar-refractivity contribution in [1.82, 2.24) is 0 Å². The van der Waals surface area contributed by atoms with Crippen molar-refractivity contribution in [3.63, 3.8) is 0 Å². The number of rotatable bonds is 5. The second-order valence-corrected chi connectivity index (χ2v) is 6.09. The van der Waals surface area contributed by atoms with E-state index in [0.29, 0.717) is 0 Å². The first-order valence-electron chi connectivity index (χ1n) is 6.35. The molecule has 6 nitrogen and oxygen atoms in total. The summed E-state index contributed by atoms with van der Waals surface area (Å²) in [6, 6.07) is 9.69. The zero-order chi connectivity index (χ0) is 17.0. The molecule has 2 rings (SSSR count). The lowest BCUT2D eigenvalue weighted by atomic mass is 10.2. The van der Waals surface area contributed by atoms with Crippen molar-refractivity contribution in [2.45, 2.75) is 4.90 Å². The predicted molar refractivity (Wildman–Crippen MR) is 81.5 cm³/mol. The zero-order valence-electron chi connectivity index (χ0n) is 12.3. The molecule has 0 aliphatic carbocycles. The molecule has 0 heterocycles. The molecule has 2 aromatic rings. The van der Waals surface area contributed by atoms with Crippen molar-refractivity contribution < 1.29 is 22.3 Å². The first-order chi connectivity index (χ1) is 10.9. The summed E-state index contributed by atoms with van der Waals surface area (Å²) in [5.74, 6) is -0.818. The van der Waals surface area contributed by atoms with Crippen LogP contribution in [0.1, 0.15) is 5.56 Å². The number of methoxy groups -OCH3 is 2. The molecule has 0 fully saturated rings. The van der Waals surface area contributed by atoms with E-state index in [4.69, 9.17) is 14.7 Å². The van der Waals surface area contributed by atoms with Gasteiger partial charge in [0.05, 0.1) is 31.5 Å². The van der Waals surface area contributed by atoms with E-state index in [-0.39, 0.29) is 22.7 Å². The number of hydrogen-bond donors (Lipinski definition) is 1. The Morgan fingerprint density at radius 2 is 1.78 bits per heavy atom. The fourth-order valence-electron chi connectivity index (χ4n) is 1.90. The number of benzene rings is 2. The molecule has 2 aromatic carbocycles. The van der Waals surface area contributed by atoms with Crippen LogP contribution in [0.3, 0.4) is 0 Å². The molecule has 120 valence electrons. The fourth-order valence-corrected chi connectivity index (χ4v) is 3.03. The van der Waals surface area contributed by atoms with Crippen LogP contribution in [-0.4, -0.2) is 22.6 Å². The lowest BCUT2D eigenvalue weighted by Gasteiger charge is -2.12. The van der Waals surface area contributed by atoms with Crippen molar-refractivity contribution in [1.29, 1.82) is 5.26 Å². The molecule has 0 atom stereocenters. The highest BCUT2D eigenvalue weighted by molar-refractivity contribution is 7.92. The first-order valence-corrected chi connectivity index (χ1v) is 7.84. The van der Waals surface area contributed by atoms with E-state index < -0.39 is 20.7 Å². The van der Waals surface area contributed by atoms with E-state index in [1.165, 1.54) is 38.5 Å². The molecule has 8 heteroatoms. The summed E-state index contributed by atoms with van der Waals surface area (Å²) in [7, 11) is -1.56. The van der Waals surface area contributed by atoms with Crippen molar-refractivity contribution in [2.24, 2.45) is 0 Å². The van der Waals surface area contributed by atoms with Crippen LogP contribution in [0.25, 0.3) is 0 Å². The van der Waals surface area contributed by atoms with Gasteiger partial charge in [-0.15, -0.1) is 0 Å². The highest BCUT2D eigenvalue weighted by Crippen LogP contribution is 2.32. The Bertz CT molecular complexity index is 876. The van der Waals surface area contributed by atoms with Crippen LogP contribution >= 0.6 is 0 Å². The number of nitrogens with one attached hydrogen (secondary N) is 1. The lowest BCUT2D eigenvalue weighted by molar-refractivity contribution is 0.350. The van der Waals surface area contributed by atoms with Gasteiger partial charge in [-0.05, 0) is 18.2 Å². The van der Waals surface area contributed by atoms with E-state index >= 15 is 0 Å². The van der Waals surface area contributed by atoms with Gasteiger partial charge in [-0.1, -0.05) is 6.07 Å². The average molecular weight is 336 g/mol. The molecule has 0 aromatic heterocycles. The van der Waals surface area contributed by atoms with Gasteiger partial charge in [-0.2, -0.15) is 5.26 Å². The number of anilines is 1. The third-order valence-corrected chi connectivity index (χ3v) is 4.37. The Hall–Kier alpha value is -2.79. The Kier molecular flexibility index (Phi) is 4.71. The third-order valence-electron chi connectivity index (χ3n) is 2.97. The van der Waals surface area contributed by atoms with Gasteiger partial charge in [0.1, 0.15) is 10.7 Å². The van der Waals surface area contributed by atoms with Crippen LogP contribution < -0.4 is 14.2 Å². The largest absolute Gasteiger partial charge is 0.493 e. The quantitative estimate of drug-likeness (QED) is 0.906. The second-order valence-electron chi connectivity index (χ2n) is 4.44. The van der Waals surface area contributed by atoms with Crippen LogP contribution in [0.15, 0.2) is 41.3 Å². The normalized spacial score (nSPS) is 10.7. The predicted octanol–water partition coefficient (Wildman–Crippen LogP) is 2.52. The monoisotopic (exact) mass is 336 g/mol. The molecule has 0 spiro atoms. The molecule has 23 heavy (non-hydrogen) atoms. The maximum Gasteiger partial charge on any atom is 0.264 e. The van der Waals surface area contributed by atoms with Gasteiger partial charge in [0.25, 0.3) is 10.0 Å². The minimum Gasteiger partial charge on any atom is -0.493 e. The standard InChI is InChI=1S/C15H13FN2O4S/c1-21-13-7-12(16)15(8-14(13)22-2)23(19,20)18-11-5-3-4-10(6-11)9-17/h3-8,18H,1-2H3. The number of nitriles is 1. The summed E-state index contributed by atoms with van der Waals surface area (Å²) in [4.78, 5) is -0.586. The van der Waals surface area contributed by atoms with Crippen molar-refractivity contribution in [2.75, 3.05) is 18.9 Å². The van der Waals surface area contributed by atoms with Crippen LogP contribution in [-0.2, 0) is 10.0 Å². The summed E-state index contributed by atoms with van der Waals surface area (Å²) in [5, 5.41) is 8.83. The van der Waals surface area contributed by atoms with Crippen LogP contribution in [0.5, 0.6) is 11.5 Å². The Morgan fingerprint density at radius 3 is 2.39 bits per heavy atom. The van der Waals surface area contributed by atoms with Gasteiger partial charge >= 0.3 is 0 Å². The Balaban J connectivity index is 2.45. The molecule has 0 bridgehead atoms. The van der Waals surface area contributed by atoms with E-state index in [1.807, 2.05) is 6.07 Å². The Morgan fingerprint density at radius 1 is 1.13 bits per heavy atom. The summed E-state index contributed by atoms with van der Waals surface area (Å²) >= 11 is 0. The van der Waals surface area contributed by atoms with Crippen LogP contribution in [0, 0.1) is 17.1 Å². The summed E-state index contributed by atoms with van der Waals surface area (Å²) in [6.45, 7) is 0. The van der Waals surface area contributed by atoms with Crippen molar-refractivity contribution >= 4 is 15.7 Å². The minimum absolute atomic E-state index is 0.0791. The highest BCUT2D eigenvalue weighted by atomic mass is 32.2. The molecule has 0 saturated carbocycles.